The molecule has 1 heterocycles. The van der Waals surface area contributed by atoms with E-state index in [0.29, 0.717) is 5.69 Å². The molecule has 0 atom stereocenters. The Bertz CT molecular complexity index is 372. The minimum atomic E-state index is -0.781. The van der Waals surface area contributed by atoms with Crippen molar-refractivity contribution in [3.05, 3.63) is 36.5 Å². The number of aliphatic hydroxyl groups excluding tert-OH is 1. The largest absolute Gasteiger partial charge is 0.492 e. The molecule has 0 aliphatic rings. The van der Waals surface area contributed by atoms with Gasteiger partial charge in [-0.25, -0.2) is 0 Å². The van der Waals surface area contributed by atoms with Gasteiger partial charge in [-0.1, -0.05) is 0 Å². The summed E-state index contributed by atoms with van der Waals surface area (Å²) in [4.78, 5) is 14.1. The maximum absolute atomic E-state index is 10.3. The first-order valence-electron chi connectivity index (χ1n) is 3.70. The molecule has 0 fully saturated rings. The van der Waals surface area contributed by atoms with Gasteiger partial charge in [-0.2, -0.15) is 0 Å². The van der Waals surface area contributed by atoms with E-state index in [0.717, 1.165) is 6.08 Å². The number of azo groups is 1. The lowest BCUT2D eigenvalue weighted by Gasteiger charge is -1.89. The molecule has 1 amide bonds. The lowest BCUT2D eigenvalue weighted by atomic mass is 10.4. The zero-order chi connectivity index (χ0) is 10.4. The van der Waals surface area contributed by atoms with E-state index < -0.39 is 11.8 Å². The second kappa shape index (κ2) is 4.70. The third kappa shape index (κ3) is 3.44. The highest BCUT2D eigenvalue weighted by Crippen LogP contribution is 2.09. The molecule has 1 aromatic rings. The average molecular weight is 192 g/mol. The summed E-state index contributed by atoms with van der Waals surface area (Å²) in [6.07, 6.45) is 3.83. The van der Waals surface area contributed by atoms with Crippen molar-refractivity contribution in [2.75, 3.05) is 0 Å². The molecule has 14 heavy (non-hydrogen) atoms. The first-order chi connectivity index (χ1) is 6.68. The fourth-order valence-electron chi connectivity index (χ4n) is 0.676. The standard InChI is InChI=1S/C8H8N4O2/c9-7(13)5-8(14)12-11-6-1-3-10-4-2-6/h1-5,14H,(H2,9,13)/b8-5-,12-11?. The summed E-state index contributed by atoms with van der Waals surface area (Å²) in [5, 5.41) is 15.9. The van der Waals surface area contributed by atoms with Crippen molar-refractivity contribution in [1.29, 1.82) is 0 Å². The van der Waals surface area contributed by atoms with E-state index in [2.05, 4.69) is 15.2 Å². The Morgan fingerprint density at radius 1 is 1.50 bits per heavy atom. The van der Waals surface area contributed by atoms with E-state index >= 15 is 0 Å². The Kier molecular flexibility index (Phi) is 3.31. The molecule has 1 aromatic heterocycles. The number of amides is 1. The highest BCUT2D eigenvalue weighted by Gasteiger charge is 1.92. The lowest BCUT2D eigenvalue weighted by molar-refractivity contribution is -0.113. The Labute approximate surface area is 79.8 Å². The van der Waals surface area contributed by atoms with Gasteiger partial charge in [0.05, 0.1) is 11.8 Å². The predicted octanol–water partition coefficient (Wildman–Crippen LogP) is 1.05. The quantitative estimate of drug-likeness (QED) is 0.425. The van der Waals surface area contributed by atoms with Gasteiger partial charge in [-0.15, -0.1) is 10.2 Å². The molecule has 0 saturated carbocycles. The third-order valence-corrected chi connectivity index (χ3v) is 1.20. The molecular weight excluding hydrogens is 184 g/mol. The fraction of sp³-hybridized carbons (Fsp3) is 0. The summed E-state index contributed by atoms with van der Waals surface area (Å²) < 4.78 is 0. The number of aromatic nitrogens is 1. The van der Waals surface area contributed by atoms with Crippen LogP contribution in [0.3, 0.4) is 0 Å². The van der Waals surface area contributed by atoms with E-state index in [1.165, 1.54) is 12.4 Å². The zero-order valence-electron chi connectivity index (χ0n) is 7.16. The number of aliphatic hydroxyl groups is 1. The highest BCUT2D eigenvalue weighted by molar-refractivity contribution is 5.86. The minimum absolute atomic E-state index is 0.518. The molecule has 1 rings (SSSR count). The Morgan fingerprint density at radius 2 is 2.14 bits per heavy atom. The second-order valence-electron chi connectivity index (χ2n) is 2.31. The molecule has 0 saturated heterocycles. The minimum Gasteiger partial charge on any atom is -0.492 e. The van der Waals surface area contributed by atoms with Crippen LogP contribution in [0.4, 0.5) is 5.69 Å². The summed E-state index contributed by atoms with van der Waals surface area (Å²) in [5.41, 5.74) is 5.29. The molecule has 6 heteroatoms. The van der Waals surface area contributed by atoms with Crippen molar-refractivity contribution >= 4 is 11.6 Å². The van der Waals surface area contributed by atoms with Crippen LogP contribution in [0, 0.1) is 0 Å². The van der Waals surface area contributed by atoms with Gasteiger partial charge in [0.1, 0.15) is 0 Å². The zero-order valence-corrected chi connectivity index (χ0v) is 7.16. The van der Waals surface area contributed by atoms with Gasteiger partial charge < -0.3 is 10.8 Å². The van der Waals surface area contributed by atoms with Crippen molar-refractivity contribution in [3.63, 3.8) is 0 Å². The van der Waals surface area contributed by atoms with Crippen molar-refractivity contribution < 1.29 is 9.90 Å². The van der Waals surface area contributed by atoms with E-state index in [-0.39, 0.29) is 0 Å². The second-order valence-corrected chi connectivity index (χ2v) is 2.31. The molecule has 3 N–H and O–H groups in total. The Hall–Kier alpha value is -2.24. The molecule has 0 bridgehead atoms. The van der Waals surface area contributed by atoms with Crippen LogP contribution >= 0.6 is 0 Å². The van der Waals surface area contributed by atoms with Crippen LogP contribution in [0.5, 0.6) is 0 Å². The van der Waals surface area contributed by atoms with E-state index in [1.807, 2.05) is 0 Å². The summed E-state index contributed by atoms with van der Waals surface area (Å²) in [5.74, 6) is -1.31. The number of nitrogens with two attached hydrogens (primary N) is 1. The van der Waals surface area contributed by atoms with Gasteiger partial charge in [0.25, 0.3) is 0 Å². The highest BCUT2D eigenvalue weighted by atomic mass is 16.3. The van der Waals surface area contributed by atoms with Gasteiger partial charge in [0.15, 0.2) is 0 Å². The number of carbonyl (C=O) groups is 1. The number of hydrogen-bond donors (Lipinski definition) is 2. The van der Waals surface area contributed by atoms with Crippen LogP contribution in [0.1, 0.15) is 0 Å². The summed E-state index contributed by atoms with van der Waals surface area (Å²) >= 11 is 0. The maximum atomic E-state index is 10.3. The van der Waals surface area contributed by atoms with Crippen molar-refractivity contribution in [2.24, 2.45) is 16.0 Å². The van der Waals surface area contributed by atoms with Crippen molar-refractivity contribution in [1.82, 2.24) is 4.98 Å². The molecule has 0 aromatic carbocycles. The van der Waals surface area contributed by atoms with Crippen LogP contribution in [0.25, 0.3) is 0 Å². The normalized spacial score (nSPS) is 11.9. The van der Waals surface area contributed by atoms with E-state index in [9.17, 15) is 4.79 Å². The molecule has 0 unspecified atom stereocenters. The SMILES string of the molecule is NC(=O)/C=C(\O)N=Nc1ccncc1. The number of primary amides is 1. The van der Waals surface area contributed by atoms with Crippen LogP contribution in [-0.4, -0.2) is 16.0 Å². The topological polar surface area (TPSA) is 101 Å². The average Bonchev–Trinajstić information content (AvgIpc) is 2.15. The van der Waals surface area contributed by atoms with Gasteiger partial charge in [-0.05, 0) is 12.1 Å². The Balaban J connectivity index is 2.70. The summed E-state index contributed by atoms with van der Waals surface area (Å²) in [6.45, 7) is 0. The van der Waals surface area contributed by atoms with Crippen LogP contribution in [0.15, 0.2) is 46.7 Å². The maximum Gasteiger partial charge on any atom is 0.246 e. The summed E-state index contributed by atoms with van der Waals surface area (Å²) in [7, 11) is 0. The predicted molar refractivity (Wildman–Crippen MR) is 48.7 cm³/mol. The first-order valence-corrected chi connectivity index (χ1v) is 3.70. The third-order valence-electron chi connectivity index (χ3n) is 1.20. The number of pyridine rings is 1. The monoisotopic (exact) mass is 192 g/mol. The van der Waals surface area contributed by atoms with E-state index in [4.69, 9.17) is 10.8 Å². The molecular formula is C8H8N4O2. The molecule has 0 radical (unpaired) electrons. The van der Waals surface area contributed by atoms with Crippen LogP contribution in [-0.2, 0) is 4.79 Å². The van der Waals surface area contributed by atoms with Crippen LogP contribution in [0.2, 0.25) is 0 Å². The molecule has 6 nitrogen and oxygen atoms in total. The van der Waals surface area contributed by atoms with Crippen molar-refractivity contribution in [3.8, 4) is 0 Å². The number of rotatable bonds is 3. The Morgan fingerprint density at radius 3 is 2.71 bits per heavy atom. The molecule has 0 aliphatic heterocycles. The molecule has 0 spiro atoms. The van der Waals surface area contributed by atoms with E-state index in [1.54, 1.807) is 12.1 Å². The first kappa shape index (κ1) is 9.85. The number of carbonyl (C=O) groups excluding carboxylic acids is 1. The van der Waals surface area contributed by atoms with Crippen LogP contribution < -0.4 is 5.73 Å². The lowest BCUT2D eigenvalue weighted by Crippen LogP contribution is -2.06. The van der Waals surface area contributed by atoms with Gasteiger partial charge in [-0.3, -0.25) is 9.78 Å². The number of nitrogens with zero attached hydrogens (tertiary/aromatic N) is 3. The van der Waals surface area contributed by atoms with Gasteiger partial charge in [0, 0.05) is 12.4 Å². The summed E-state index contributed by atoms with van der Waals surface area (Å²) in [6, 6.07) is 3.20. The number of hydrogen-bond acceptors (Lipinski definition) is 5. The van der Waals surface area contributed by atoms with Gasteiger partial charge >= 0.3 is 0 Å². The van der Waals surface area contributed by atoms with Gasteiger partial charge in [0.2, 0.25) is 11.8 Å². The molecule has 72 valence electrons. The smallest absolute Gasteiger partial charge is 0.246 e. The molecule has 0 aliphatic carbocycles. The van der Waals surface area contributed by atoms with Crippen molar-refractivity contribution in [2.45, 2.75) is 0 Å². The fourth-order valence-corrected chi connectivity index (χ4v) is 0.676.